The van der Waals surface area contributed by atoms with Crippen LogP contribution in [-0.2, 0) is 10.0 Å². The van der Waals surface area contributed by atoms with Crippen molar-refractivity contribution >= 4 is 21.6 Å². The van der Waals surface area contributed by atoms with Gasteiger partial charge in [0, 0.05) is 31.7 Å². The summed E-state index contributed by atoms with van der Waals surface area (Å²) in [5.41, 5.74) is 5.56. The molecule has 8 heteroatoms. The first kappa shape index (κ1) is 14.7. The molecule has 0 radical (unpaired) electrons. The van der Waals surface area contributed by atoms with Crippen molar-refractivity contribution in [1.82, 2.24) is 9.21 Å². The summed E-state index contributed by atoms with van der Waals surface area (Å²) in [6.45, 7) is 1.08. The van der Waals surface area contributed by atoms with Gasteiger partial charge in [-0.25, -0.2) is 12.8 Å². The number of amides is 1. The van der Waals surface area contributed by atoms with E-state index < -0.39 is 15.8 Å². The lowest BCUT2D eigenvalue weighted by Gasteiger charge is -2.33. The number of hydrogen-bond donors (Lipinski definition) is 1. The van der Waals surface area contributed by atoms with E-state index in [-0.39, 0.29) is 43.3 Å². The summed E-state index contributed by atoms with van der Waals surface area (Å²) >= 11 is 0. The number of nitrogens with two attached hydrogens (primary N) is 1. The van der Waals surface area contributed by atoms with Gasteiger partial charge in [0.1, 0.15) is 5.82 Å². The van der Waals surface area contributed by atoms with Crippen molar-refractivity contribution in [2.24, 2.45) is 0 Å². The number of nitrogens with zero attached hydrogens (tertiary/aromatic N) is 2. The summed E-state index contributed by atoms with van der Waals surface area (Å²) in [6.07, 6.45) is 1.14. The lowest BCUT2D eigenvalue weighted by atomic mass is 10.1. The molecule has 1 aromatic rings. The molecule has 0 spiro atoms. The number of carbonyl (C=O) groups is 1. The summed E-state index contributed by atoms with van der Waals surface area (Å²) in [6, 6.07) is 3.90. The Kier molecular flexibility index (Phi) is 3.96. The quantitative estimate of drug-likeness (QED) is 0.787. The minimum atomic E-state index is -3.23. The van der Waals surface area contributed by atoms with Crippen molar-refractivity contribution in [2.45, 2.75) is 0 Å². The smallest absolute Gasteiger partial charge is 0.254 e. The van der Waals surface area contributed by atoms with Crippen LogP contribution in [0.25, 0.3) is 0 Å². The maximum atomic E-state index is 13.3. The highest BCUT2D eigenvalue weighted by molar-refractivity contribution is 7.88. The van der Waals surface area contributed by atoms with Crippen LogP contribution in [-0.4, -0.2) is 56.0 Å². The maximum Gasteiger partial charge on any atom is 0.254 e. The summed E-state index contributed by atoms with van der Waals surface area (Å²) in [5, 5.41) is 0. The Labute approximate surface area is 117 Å². The molecule has 1 heterocycles. The second-order valence-corrected chi connectivity index (χ2v) is 6.67. The standard InChI is InChI=1S/C12H16FN3O3S/c1-20(18,19)16-6-4-15(5-7-16)12(17)9-2-3-11(14)10(13)8-9/h2-3,8H,4-7,14H2,1H3. The third kappa shape index (κ3) is 3.07. The number of benzene rings is 1. The van der Waals surface area contributed by atoms with Gasteiger partial charge in [0.25, 0.3) is 5.91 Å². The van der Waals surface area contributed by atoms with Gasteiger partial charge in [-0.2, -0.15) is 4.31 Å². The first-order valence-corrected chi connectivity index (χ1v) is 7.93. The highest BCUT2D eigenvalue weighted by Gasteiger charge is 2.26. The van der Waals surface area contributed by atoms with Crippen molar-refractivity contribution < 1.29 is 17.6 Å². The number of hydrogen-bond acceptors (Lipinski definition) is 4. The molecule has 0 unspecified atom stereocenters. The fraction of sp³-hybridized carbons (Fsp3) is 0.417. The molecule has 110 valence electrons. The van der Waals surface area contributed by atoms with Crippen molar-refractivity contribution in [2.75, 3.05) is 38.2 Å². The zero-order chi connectivity index (χ0) is 14.9. The second kappa shape index (κ2) is 5.37. The van der Waals surface area contributed by atoms with Crippen LogP contribution in [0, 0.1) is 5.82 Å². The van der Waals surface area contributed by atoms with E-state index in [0.29, 0.717) is 0 Å². The number of anilines is 1. The first-order valence-electron chi connectivity index (χ1n) is 6.08. The SMILES string of the molecule is CS(=O)(=O)N1CCN(C(=O)c2ccc(N)c(F)c2)CC1. The van der Waals surface area contributed by atoms with Gasteiger partial charge in [-0.3, -0.25) is 4.79 Å². The molecule has 0 saturated carbocycles. The maximum absolute atomic E-state index is 13.3. The predicted molar refractivity (Wildman–Crippen MR) is 73.1 cm³/mol. The van der Waals surface area contributed by atoms with E-state index in [2.05, 4.69) is 0 Å². The van der Waals surface area contributed by atoms with Crippen LogP contribution in [0.3, 0.4) is 0 Å². The third-order valence-electron chi connectivity index (χ3n) is 3.24. The molecule has 2 N–H and O–H groups in total. The van der Waals surface area contributed by atoms with E-state index in [9.17, 15) is 17.6 Å². The largest absolute Gasteiger partial charge is 0.396 e. The molecule has 0 bridgehead atoms. The van der Waals surface area contributed by atoms with Crippen LogP contribution in [0.15, 0.2) is 18.2 Å². The topological polar surface area (TPSA) is 83.7 Å². The van der Waals surface area contributed by atoms with Gasteiger partial charge in [-0.1, -0.05) is 0 Å². The Morgan fingerprint density at radius 3 is 2.35 bits per heavy atom. The molecular formula is C12H16FN3O3S. The molecule has 1 fully saturated rings. The number of sulfonamides is 1. The van der Waals surface area contributed by atoms with E-state index in [1.807, 2.05) is 0 Å². The first-order chi connectivity index (χ1) is 9.29. The second-order valence-electron chi connectivity index (χ2n) is 4.69. The minimum Gasteiger partial charge on any atom is -0.396 e. The third-order valence-corrected chi connectivity index (χ3v) is 4.55. The Bertz CT molecular complexity index is 625. The summed E-state index contributed by atoms with van der Waals surface area (Å²) < 4.78 is 37.4. The number of piperazine rings is 1. The van der Waals surface area contributed by atoms with Crippen LogP contribution in [0.1, 0.15) is 10.4 Å². The van der Waals surface area contributed by atoms with Gasteiger partial charge in [-0.05, 0) is 18.2 Å². The van der Waals surface area contributed by atoms with Crippen LogP contribution in [0.2, 0.25) is 0 Å². The van der Waals surface area contributed by atoms with Gasteiger partial charge < -0.3 is 10.6 Å². The van der Waals surface area contributed by atoms with E-state index in [0.717, 1.165) is 12.3 Å². The Morgan fingerprint density at radius 1 is 1.25 bits per heavy atom. The average molecular weight is 301 g/mol. The molecule has 1 aliphatic rings. The highest BCUT2D eigenvalue weighted by Crippen LogP contribution is 2.15. The molecule has 1 aromatic carbocycles. The van der Waals surface area contributed by atoms with Gasteiger partial charge in [-0.15, -0.1) is 0 Å². The Hall–Kier alpha value is -1.67. The van der Waals surface area contributed by atoms with Gasteiger partial charge in [0.2, 0.25) is 10.0 Å². The lowest BCUT2D eigenvalue weighted by molar-refractivity contribution is 0.0698. The van der Waals surface area contributed by atoms with Crippen LogP contribution in [0.4, 0.5) is 10.1 Å². The van der Waals surface area contributed by atoms with Crippen molar-refractivity contribution in [3.63, 3.8) is 0 Å². The molecule has 2 rings (SSSR count). The van der Waals surface area contributed by atoms with Gasteiger partial charge in [0.15, 0.2) is 0 Å². The summed E-state index contributed by atoms with van der Waals surface area (Å²) in [7, 11) is -3.23. The zero-order valence-corrected chi connectivity index (χ0v) is 11.9. The molecule has 1 aliphatic heterocycles. The molecule has 6 nitrogen and oxygen atoms in total. The lowest BCUT2D eigenvalue weighted by Crippen LogP contribution is -2.50. The monoisotopic (exact) mass is 301 g/mol. The summed E-state index contributed by atoms with van der Waals surface area (Å²) in [4.78, 5) is 13.7. The summed E-state index contributed by atoms with van der Waals surface area (Å²) in [5.74, 6) is -0.956. The van der Waals surface area contributed by atoms with Crippen molar-refractivity contribution in [3.05, 3.63) is 29.6 Å². The fourth-order valence-electron chi connectivity index (χ4n) is 2.07. The molecule has 1 saturated heterocycles. The predicted octanol–water partition coefficient (Wildman–Crippen LogP) is 0.125. The molecule has 0 atom stereocenters. The van der Waals surface area contributed by atoms with E-state index in [1.54, 1.807) is 0 Å². The van der Waals surface area contributed by atoms with Crippen LogP contribution >= 0.6 is 0 Å². The Balaban J connectivity index is 2.07. The fourth-order valence-corrected chi connectivity index (χ4v) is 2.89. The molecule has 20 heavy (non-hydrogen) atoms. The van der Waals surface area contributed by atoms with Gasteiger partial charge in [0.05, 0.1) is 11.9 Å². The average Bonchev–Trinajstić information content (AvgIpc) is 2.40. The molecule has 0 aromatic heterocycles. The molecule has 0 aliphatic carbocycles. The van der Waals surface area contributed by atoms with Crippen molar-refractivity contribution in [3.8, 4) is 0 Å². The molecule has 1 amide bonds. The zero-order valence-electron chi connectivity index (χ0n) is 11.0. The Morgan fingerprint density at radius 2 is 1.85 bits per heavy atom. The normalized spacial score (nSPS) is 17.2. The number of halogens is 1. The van der Waals surface area contributed by atoms with E-state index in [1.165, 1.54) is 21.3 Å². The van der Waals surface area contributed by atoms with E-state index in [4.69, 9.17) is 5.73 Å². The number of carbonyl (C=O) groups excluding carboxylic acids is 1. The van der Waals surface area contributed by atoms with Crippen LogP contribution in [0.5, 0.6) is 0 Å². The number of rotatable bonds is 2. The van der Waals surface area contributed by atoms with Crippen molar-refractivity contribution in [1.29, 1.82) is 0 Å². The highest BCUT2D eigenvalue weighted by atomic mass is 32.2. The minimum absolute atomic E-state index is 0.0107. The van der Waals surface area contributed by atoms with Gasteiger partial charge >= 0.3 is 0 Å². The van der Waals surface area contributed by atoms with Crippen LogP contribution < -0.4 is 5.73 Å². The van der Waals surface area contributed by atoms with E-state index >= 15 is 0 Å². The number of nitrogen functional groups attached to an aromatic ring is 1. The molecular weight excluding hydrogens is 285 g/mol.